The Balaban J connectivity index is 1.83. The van der Waals surface area contributed by atoms with Crippen molar-refractivity contribution in [3.8, 4) is 11.6 Å². The molecule has 1 aromatic carbocycles. The van der Waals surface area contributed by atoms with Crippen molar-refractivity contribution in [1.82, 2.24) is 19.8 Å². The number of unbranched alkanes of at least 4 members (excludes halogenated alkanes) is 1. The van der Waals surface area contributed by atoms with Crippen LogP contribution in [0.3, 0.4) is 0 Å². The molecule has 0 fully saturated rings. The van der Waals surface area contributed by atoms with E-state index in [4.69, 9.17) is 9.52 Å². The minimum absolute atomic E-state index is 0.139. The summed E-state index contributed by atoms with van der Waals surface area (Å²) in [7, 11) is 0. The lowest BCUT2D eigenvalue weighted by Gasteiger charge is -2.23. The van der Waals surface area contributed by atoms with E-state index in [1.165, 1.54) is 29.7 Å². The number of anilines is 1. The summed E-state index contributed by atoms with van der Waals surface area (Å²) in [5, 5.41) is 14.8. The van der Waals surface area contributed by atoms with Crippen molar-refractivity contribution in [2.45, 2.75) is 59.8 Å². The second-order valence-electron chi connectivity index (χ2n) is 9.37. The Morgan fingerprint density at radius 1 is 1.12 bits per heavy atom. The predicted molar refractivity (Wildman–Crippen MR) is 130 cm³/mol. The van der Waals surface area contributed by atoms with Crippen molar-refractivity contribution in [3.05, 3.63) is 58.6 Å². The van der Waals surface area contributed by atoms with Gasteiger partial charge < -0.3 is 9.32 Å². The summed E-state index contributed by atoms with van der Waals surface area (Å²) in [6.45, 7) is 15.3. The SMILES string of the molecule is CCCCN(CC)c1ccc(C=c2c(C(C)(C)C)nn3c(-c4ccco4)nnc23)c(C)c1. The summed E-state index contributed by atoms with van der Waals surface area (Å²) >= 11 is 0. The fourth-order valence-electron chi connectivity index (χ4n) is 4.04. The zero-order valence-corrected chi connectivity index (χ0v) is 20.0. The van der Waals surface area contributed by atoms with Crippen LogP contribution in [0.1, 0.15) is 64.3 Å². The molecule has 0 bridgehead atoms. The molecule has 0 N–H and O–H groups in total. The van der Waals surface area contributed by atoms with Gasteiger partial charge in [-0.2, -0.15) is 9.61 Å². The molecule has 0 radical (unpaired) electrons. The van der Waals surface area contributed by atoms with Gasteiger partial charge in [-0.25, -0.2) is 0 Å². The maximum absolute atomic E-state index is 5.55. The maximum atomic E-state index is 5.55. The number of fused-ring (bicyclic) bond motifs is 1. The molecule has 3 aromatic heterocycles. The van der Waals surface area contributed by atoms with E-state index in [0.717, 1.165) is 29.6 Å². The summed E-state index contributed by atoms with van der Waals surface area (Å²) in [6.07, 6.45) is 6.25. The molecule has 0 unspecified atom stereocenters. The third-order valence-corrected chi connectivity index (χ3v) is 5.87. The van der Waals surface area contributed by atoms with Gasteiger partial charge in [-0.3, -0.25) is 0 Å². The second kappa shape index (κ2) is 8.77. The summed E-state index contributed by atoms with van der Waals surface area (Å²) in [4.78, 5) is 2.44. The highest BCUT2D eigenvalue weighted by molar-refractivity contribution is 5.65. The molecule has 6 nitrogen and oxygen atoms in total. The first-order chi connectivity index (χ1) is 15.3. The molecule has 0 aliphatic heterocycles. The van der Waals surface area contributed by atoms with Crippen LogP contribution in [0.4, 0.5) is 5.69 Å². The summed E-state index contributed by atoms with van der Waals surface area (Å²) in [5.74, 6) is 1.28. The van der Waals surface area contributed by atoms with E-state index in [0.29, 0.717) is 11.6 Å². The second-order valence-corrected chi connectivity index (χ2v) is 9.37. The molecule has 6 heteroatoms. The Morgan fingerprint density at radius 3 is 2.56 bits per heavy atom. The minimum Gasteiger partial charge on any atom is -0.461 e. The van der Waals surface area contributed by atoms with Crippen molar-refractivity contribution in [3.63, 3.8) is 0 Å². The number of nitrogens with zero attached hydrogens (tertiary/aromatic N) is 5. The number of rotatable bonds is 7. The van der Waals surface area contributed by atoms with Gasteiger partial charge in [-0.05, 0) is 61.7 Å². The van der Waals surface area contributed by atoms with E-state index in [2.05, 4.69) is 80.9 Å². The van der Waals surface area contributed by atoms with E-state index >= 15 is 0 Å². The van der Waals surface area contributed by atoms with Gasteiger partial charge >= 0.3 is 0 Å². The molecule has 0 saturated carbocycles. The molecular formula is C26H33N5O. The molecule has 0 aliphatic carbocycles. The monoisotopic (exact) mass is 431 g/mol. The number of benzene rings is 1. The summed E-state index contributed by atoms with van der Waals surface area (Å²) in [6, 6.07) is 10.4. The van der Waals surface area contributed by atoms with Gasteiger partial charge in [0, 0.05) is 29.4 Å². The van der Waals surface area contributed by atoms with Crippen LogP contribution in [0, 0.1) is 6.92 Å². The highest BCUT2D eigenvalue weighted by Gasteiger charge is 2.24. The van der Waals surface area contributed by atoms with Crippen molar-refractivity contribution >= 4 is 17.4 Å². The van der Waals surface area contributed by atoms with Crippen LogP contribution >= 0.6 is 0 Å². The maximum Gasteiger partial charge on any atom is 0.220 e. The smallest absolute Gasteiger partial charge is 0.220 e. The van der Waals surface area contributed by atoms with Crippen LogP contribution in [-0.2, 0) is 5.41 Å². The van der Waals surface area contributed by atoms with E-state index in [9.17, 15) is 0 Å². The third-order valence-electron chi connectivity index (χ3n) is 5.87. The average molecular weight is 432 g/mol. The first-order valence-electron chi connectivity index (χ1n) is 11.5. The zero-order valence-electron chi connectivity index (χ0n) is 20.0. The fraction of sp³-hybridized carbons (Fsp3) is 0.423. The Hall–Kier alpha value is -3.15. The molecule has 0 spiro atoms. The molecule has 3 heterocycles. The van der Waals surface area contributed by atoms with Crippen LogP contribution in [0.5, 0.6) is 0 Å². The summed E-state index contributed by atoms with van der Waals surface area (Å²) < 4.78 is 7.36. The number of aryl methyl sites for hydroxylation is 1. The van der Waals surface area contributed by atoms with E-state index in [1.807, 2.05) is 12.1 Å². The van der Waals surface area contributed by atoms with Crippen molar-refractivity contribution in [2.24, 2.45) is 0 Å². The van der Waals surface area contributed by atoms with Crippen molar-refractivity contribution in [1.29, 1.82) is 0 Å². The lowest BCUT2D eigenvalue weighted by Crippen LogP contribution is -2.24. The molecule has 0 saturated heterocycles. The van der Waals surface area contributed by atoms with E-state index in [-0.39, 0.29) is 5.41 Å². The standard InChI is InChI=1S/C26H33N5O/c1-7-9-14-30(8-2)20-13-12-19(18(3)16-20)17-21-23(26(4,5)6)29-31-24(21)27-28-25(31)22-11-10-15-32-22/h10-13,15-17H,7-9,14H2,1-6H3. The van der Waals surface area contributed by atoms with Crippen LogP contribution in [0.25, 0.3) is 23.3 Å². The van der Waals surface area contributed by atoms with Gasteiger partial charge in [0.2, 0.25) is 5.82 Å². The van der Waals surface area contributed by atoms with E-state index in [1.54, 1.807) is 10.8 Å². The zero-order chi connectivity index (χ0) is 22.9. The van der Waals surface area contributed by atoms with Gasteiger partial charge in [0.15, 0.2) is 11.4 Å². The van der Waals surface area contributed by atoms with Crippen LogP contribution in [-0.4, -0.2) is 32.9 Å². The number of hydrogen-bond donors (Lipinski definition) is 0. The average Bonchev–Trinajstić information content (AvgIpc) is 3.47. The molecule has 32 heavy (non-hydrogen) atoms. The molecule has 4 rings (SSSR count). The molecule has 4 aromatic rings. The molecular weight excluding hydrogens is 398 g/mol. The van der Waals surface area contributed by atoms with Gasteiger partial charge in [0.05, 0.1) is 12.0 Å². The van der Waals surface area contributed by atoms with Gasteiger partial charge in [-0.15, -0.1) is 10.2 Å². The highest BCUT2D eigenvalue weighted by Crippen LogP contribution is 2.24. The Kier molecular flexibility index (Phi) is 6.04. The quantitative estimate of drug-likeness (QED) is 0.404. The number of aromatic nitrogens is 4. The molecule has 0 amide bonds. The highest BCUT2D eigenvalue weighted by atomic mass is 16.3. The molecule has 0 atom stereocenters. The molecule has 0 aliphatic rings. The Morgan fingerprint density at radius 2 is 1.94 bits per heavy atom. The largest absolute Gasteiger partial charge is 0.461 e. The van der Waals surface area contributed by atoms with Crippen LogP contribution in [0.2, 0.25) is 0 Å². The van der Waals surface area contributed by atoms with Crippen molar-refractivity contribution in [2.75, 3.05) is 18.0 Å². The van der Waals surface area contributed by atoms with Gasteiger partial charge in [-0.1, -0.05) is 40.2 Å². The molecule has 168 valence electrons. The normalized spacial score (nSPS) is 12.8. The topological polar surface area (TPSA) is 59.5 Å². The number of hydrogen-bond acceptors (Lipinski definition) is 5. The first-order valence-corrected chi connectivity index (χ1v) is 11.5. The first kappa shape index (κ1) is 22.1. The van der Waals surface area contributed by atoms with Crippen LogP contribution in [0.15, 0.2) is 41.0 Å². The third kappa shape index (κ3) is 4.14. The van der Waals surface area contributed by atoms with Gasteiger partial charge in [0.25, 0.3) is 0 Å². The number of furan rings is 1. The lowest BCUT2D eigenvalue weighted by molar-refractivity contribution is 0.554. The van der Waals surface area contributed by atoms with Crippen molar-refractivity contribution < 1.29 is 4.42 Å². The predicted octanol–water partition coefficient (Wildman–Crippen LogP) is 5.16. The Bertz CT molecular complexity index is 1250. The minimum atomic E-state index is -0.139. The van der Waals surface area contributed by atoms with E-state index < -0.39 is 0 Å². The van der Waals surface area contributed by atoms with Crippen LogP contribution < -0.4 is 10.1 Å². The van der Waals surface area contributed by atoms with Gasteiger partial charge in [0.1, 0.15) is 0 Å². The lowest BCUT2D eigenvalue weighted by atomic mass is 9.90. The fourth-order valence-corrected chi connectivity index (χ4v) is 4.04. The Labute approximate surface area is 189 Å². The summed E-state index contributed by atoms with van der Waals surface area (Å²) in [5.41, 5.74) is 5.30.